The molecule has 0 aliphatic rings. The maximum Gasteiger partial charge on any atom is 0.340 e. The van der Waals surface area contributed by atoms with E-state index in [1.54, 1.807) is 32.9 Å². The largest absolute Gasteiger partial charge is 0.456 e. The molecule has 0 atom stereocenters. The Morgan fingerprint density at radius 2 is 1.94 bits per heavy atom. The van der Waals surface area contributed by atoms with Gasteiger partial charge in [0, 0.05) is 13.1 Å². The number of carbonyl (C=O) groups excluding carboxylic acids is 2. The van der Waals surface area contributed by atoms with Crippen molar-refractivity contribution < 1.29 is 14.3 Å². The third-order valence-electron chi connectivity index (χ3n) is 1.70. The topological polar surface area (TPSA) is 68.3 Å². The zero-order valence-corrected chi connectivity index (χ0v) is 10.4. The van der Waals surface area contributed by atoms with E-state index in [2.05, 4.69) is 10.3 Å². The van der Waals surface area contributed by atoms with Crippen molar-refractivity contribution in [2.75, 3.05) is 5.32 Å². The van der Waals surface area contributed by atoms with Crippen LogP contribution in [0.5, 0.6) is 0 Å². The highest BCUT2D eigenvalue weighted by Crippen LogP contribution is 2.12. The van der Waals surface area contributed by atoms with Crippen molar-refractivity contribution in [3.63, 3.8) is 0 Å². The Labute approximate surface area is 100 Å². The van der Waals surface area contributed by atoms with Crippen LogP contribution in [-0.4, -0.2) is 22.5 Å². The first-order chi connectivity index (χ1) is 7.78. The fraction of sp³-hybridized carbons (Fsp3) is 0.417. The molecular formula is C12H16N2O3. The number of hydrogen-bond donors (Lipinski definition) is 1. The number of nitrogens with zero attached hydrogens (tertiary/aromatic N) is 1. The quantitative estimate of drug-likeness (QED) is 0.797. The molecule has 1 N–H and O–H groups in total. The van der Waals surface area contributed by atoms with E-state index in [1.807, 2.05) is 0 Å². The zero-order valence-electron chi connectivity index (χ0n) is 10.4. The lowest BCUT2D eigenvalue weighted by Crippen LogP contribution is -2.24. The van der Waals surface area contributed by atoms with E-state index < -0.39 is 11.6 Å². The second-order valence-electron chi connectivity index (χ2n) is 4.62. The highest BCUT2D eigenvalue weighted by molar-refractivity contribution is 5.91. The Bertz CT molecular complexity index is 418. The van der Waals surface area contributed by atoms with Crippen molar-refractivity contribution in [3.8, 4) is 0 Å². The van der Waals surface area contributed by atoms with Gasteiger partial charge in [0.25, 0.3) is 0 Å². The number of pyridine rings is 1. The van der Waals surface area contributed by atoms with Crippen LogP contribution in [0, 0.1) is 0 Å². The lowest BCUT2D eigenvalue weighted by Gasteiger charge is -2.19. The Kier molecular flexibility index (Phi) is 3.83. The number of aromatic nitrogens is 1. The molecule has 5 nitrogen and oxygen atoms in total. The first kappa shape index (κ1) is 13.2. The SMILES string of the molecule is CC(=O)Nc1ccc(C(=O)OC(C)(C)C)cn1. The molecule has 0 saturated heterocycles. The number of carbonyl (C=O) groups is 2. The van der Waals surface area contributed by atoms with E-state index in [1.165, 1.54) is 13.1 Å². The van der Waals surface area contributed by atoms with E-state index in [0.717, 1.165) is 0 Å². The average molecular weight is 236 g/mol. The van der Waals surface area contributed by atoms with Gasteiger partial charge < -0.3 is 10.1 Å². The average Bonchev–Trinajstić information content (AvgIpc) is 2.15. The molecule has 0 bridgehead atoms. The number of nitrogens with one attached hydrogen (secondary N) is 1. The van der Waals surface area contributed by atoms with Gasteiger partial charge in [-0.05, 0) is 32.9 Å². The van der Waals surface area contributed by atoms with E-state index in [4.69, 9.17) is 4.74 Å². The van der Waals surface area contributed by atoms with Crippen molar-refractivity contribution in [3.05, 3.63) is 23.9 Å². The Hall–Kier alpha value is -1.91. The van der Waals surface area contributed by atoms with Crippen LogP contribution < -0.4 is 5.32 Å². The summed E-state index contributed by atoms with van der Waals surface area (Å²) in [6.45, 7) is 6.78. The number of hydrogen-bond acceptors (Lipinski definition) is 4. The molecule has 1 aromatic rings. The van der Waals surface area contributed by atoms with Crippen LogP contribution in [0.1, 0.15) is 38.1 Å². The summed E-state index contributed by atoms with van der Waals surface area (Å²) in [7, 11) is 0. The molecule has 0 unspecified atom stereocenters. The minimum Gasteiger partial charge on any atom is -0.456 e. The summed E-state index contributed by atoms with van der Waals surface area (Å²) >= 11 is 0. The molecule has 5 heteroatoms. The van der Waals surface area contributed by atoms with Crippen LogP contribution in [-0.2, 0) is 9.53 Å². The monoisotopic (exact) mass is 236 g/mol. The summed E-state index contributed by atoms with van der Waals surface area (Å²) in [5.41, 5.74) is -0.179. The predicted octanol–water partition coefficient (Wildman–Crippen LogP) is 2.00. The van der Waals surface area contributed by atoms with Gasteiger partial charge in [-0.25, -0.2) is 9.78 Å². The number of esters is 1. The third kappa shape index (κ3) is 4.63. The Morgan fingerprint density at radius 3 is 2.35 bits per heavy atom. The standard InChI is InChI=1S/C12H16N2O3/c1-8(15)14-10-6-5-9(7-13-10)11(16)17-12(2,3)4/h5-7H,1-4H3,(H,13,14,15). The second kappa shape index (κ2) is 4.95. The van der Waals surface area contributed by atoms with Crippen LogP contribution in [0.4, 0.5) is 5.82 Å². The Balaban J connectivity index is 2.74. The highest BCUT2D eigenvalue weighted by Gasteiger charge is 2.17. The van der Waals surface area contributed by atoms with E-state index in [9.17, 15) is 9.59 Å². The fourth-order valence-electron chi connectivity index (χ4n) is 1.11. The van der Waals surface area contributed by atoms with Gasteiger partial charge in [0.05, 0.1) is 5.56 Å². The van der Waals surface area contributed by atoms with Crippen molar-refractivity contribution in [1.82, 2.24) is 4.98 Å². The van der Waals surface area contributed by atoms with Gasteiger partial charge in [-0.2, -0.15) is 0 Å². The lowest BCUT2D eigenvalue weighted by molar-refractivity contribution is -0.114. The number of ether oxygens (including phenoxy) is 1. The number of amides is 1. The summed E-state index contributed by atoms with van der Waals surface area (Å²) in [6.07, 6.45) is 1.37. The maximum absolute atomic E-state index is 11.6. The molecule has 17 heavy (non-hydrogen) atoms. The minimum atomic E-state index is -0.534. The van der Waals surface area contributed by atoms with Gasteiger partial charge in [0.15, 0.2) is 0 Å². The van der Waals surface area contributed by atoms with Gasteiger partial charge in [0.2, 0.25) is 5.91 Å². The second-order valence-corrected chi connectivity index (χ2v) is 4.62. The van der Waals surface area contributed by atoms with E-state index in [-0.39, 0.29) is 5.91 Å². The first-order valence-corrected chi connectivity index (χ1v) is 5.25. The summed E-state index contributed by atoms with van der Waals surface area (Å²) < 4.78 is 5.18. The zero-order chi connectivity index (χ0) is 13.1. The van der Waals surface area contributed by atoms with Crippen LogP contribution >= 0.6 is 0 Å². The molecule has 1 heterocycles. The minimum absolute atomic E-state index is 0.206. The van der Waals surface area contributed by atoms with Gasteiger partial charge in [-0.3, -0.25) is 4.79 Å². The summed E-state index contributed by atoms with van der Waals surface area (Å²) in [4.78, 5) is 26.4. The van der Waals surface area contributed by atoms with Crippen molar-refractivity contribution >= 4 is 17.7 Å². The molecular weight excluding hydrogens is 220 g/mol. The molecule has 1 amide bonds. The molecule has 0 aliphatic heterocycles. The molecule has 0 spiro atoms. The van der Waals surface area contributed by atoms with Gasteiger partial charge >= 0.3 is 5.97 Å². The molecule has 92 valence electrons. The smallest absolute Gasteiger partial charge is 0.340 e. The molecule has 1 rings (SSSR count). The van der Waals surface area contributed by atoms with E-state index in [0.29, 0.717) is 11.4 Å². The van der Waals surface area contributed by atoms with Gasteiger partial charge in [0.1, 0.15) is 11.4 Å². The predicted molar refractivity (Wildman–Crippen MR) is 63.7 cm³/mol. The molecule has 0 aromatic carbocycles. The highest BCUT2D eigenvalue weighted by atomic mass is 16.6. The summed E-state index contributed by atoms with van der Waals surface area (Å²) in [5.74, 6) is -0.230. The Morgan fingerprint density at radius 1 is 1.29 bits per heavy atom. The van der Waals surface area contributed by atoms with Gasteiger partial charge in [-0.1, -0.05) is 0 Å². The summed E-state index contributed by atoms with van der Waals surface area (Å²) in [6, 6.07) is 3.12. The van der Waals surface area contributed by atoms with E-state index >= 15 is 0 Å². The van der Waals surface area contributed by atoms with Crippen molar-refractivity contribution in [1.29, 1.82) is 0 Å². The number of anilines is 1. The van der Waals surface area contributed by atoms with Crippen LogP contribution in [0.3, 0.4) is 0 Å². The maximum atomic E-state index is 11.6. The molecule has 0 saturated carbocycles. The molecule has 0 radical (unpaired) electrons. The van der Waals surface area contributed by atoms with Crippen molar-refractivity contribution in [2.45, 2.75) is 33.3 Å². The molecule has 1 aromatic heterocycles. The van der Waals surface area contributed by atoms with Crippen molar-refractivity contribution in [2.24, 2.45) is 0 Å². The first-order valence-electron chi connectivity index (χ1n) is 5.25. The normalized spacial score (nSPS) is 10.8. The third-order valence-corrected chi connectivity index (χ3v) is 1.70. The van der Waals surface area contributed by atoms with Crippen LogP contribution in [0.15, 0.2) is 18.3 Å². The number of rotatable bonds is 2. The van der Waals surface area contributed by atoms with Crippen LogP contribution in [0.2, 0.25) is 0 Å². The molecule has 0 fully saturated rings. The lowest BCUT2D eigenvalue weighted by atomic mass is 10.2. The fourth-order valence-corrected chi connectivity index (χ4v) is 1.11. The van der Waals surface area contributed by atoms with Gasteiger partial charge in [-0.15, -0.1) is 0 Å². The molecule has 0 aliphatic carbocycles. The van der Waals surface area contributed by atoms with Crippen LogP contribution in [0.25, 0.3) is 0 Å². The summed E-state index contributed by atoms with van der Waals surface area (Å²) in [5, 5.41) is 2.52.